The van der Waals surface area contributed by atoms with Crippen molar-refractivity contribution < 1.29 is 18.8 Å². The number of nitrogens with zero attached hydrogens (tertiary/aromatic N) is 1. The Labute approximate surface area is 146 Å². The number of H-pyrrole nitrogens is 1. The summed E-state index contributed by atoms with van der Waals surface area (Å²) in [5, 5.41) is 0.602. The van der Waals surface area contributed by atoms with Crippen LogP contribution in [0, 0.1) is 0 Å². The van der Waals surface area contributed by atoms with Gasteiger partial charge in [-0.25, -0.2) is 4.79 Å². The number of carbonyl (C=O) groups excluding carboxylic acids is 1. The predicted octanol–water partition coefficient (Wildman–Crippen LogP) is 1.34. The molecular formula is C17H23BN2O5. The number of pyridine rings is 1. The zero-order valence-corrected chi connectivity index (χ0v) is 15.4. The van der Waals surface area contributed by atoms with Gasteiger partial charge in [0.25, 0.3) is 5.56 Å². The van der Waals surface area contributed by atoms with Gasteiger partial charge in [-0.15, -0.1) is 0 Å². The second-order valence-corrected chi connectivity index (χ2v) is 7.28. The number of aromatic amines is 1. The van der Waals surface area contributed by atoms with Gasteiger partial charge in [-0.1, -0.05) is 0 Å². The molecule has 2 aromatic rings. The Morgan fingerprint density at radius 3 is 2.44 bits per heavy atom. The minimum Gasteiger partial charge on any atom is -0.461 e. The van der Waals surface area contributed by atoms with E-state index >= 15 is 0 Å². The van der Waals surface area contributed by atoms with Crippen molar-refractivity contribution in [3.63, 3.8) is 0 Å². The molecule has 3 heterocycles. The zero-order chi connectivity index (χ0) is 18.6. The van der Waals surface area contributed by atoms with Gasteiger partial charge in [0.05, 0.1) is 17.8 Å². The summed E-state index contributed by atoms with van der Waals surface area (Å²) in [7, 11) is 1.02. The Bertz CT molecular complexity index is 880. The lowest BCUT2D eigenvalue weighted by Gasteiger charge is -2.32. The molecule has 0 aromatic carbocycles. The minimum absolute atomic E-state index is 0.231. The molecule has 0 radical (unpaired) electrons. The minimum atomic E-state index is -0.634. The van der Waals surface area contributed by atoms with E-state index in [4.69, 9.17) is 14.0 Å². The van der Waals surface area contributed by atoms with Crippen LogP contribution >= 0.6 is 0 Å². The molecule has 2 aromatic heterocycles. The summed E-state index contributed by atoms with van der Waals surface area (Å²) >= 11 is 0. The van der Waals surface area contributed by atoms with E-state index in [1.807, 2.05) is 27.7 Å². The van der Waals surface area contributed by atoms with E-state index < -0.39 is 24.3 Å². The number of carbonyl (C=O) groups is 1. The molecule has 0 amide bonds. The summed E-state index contributed by atoms with van der Waals surface area (Å²) in [4.78, 5) is 27.3. The van der Waals surface area contributed by atoms with Crippen molar-refractivity contribution in [2.75, 3.05) is 6.61 Å². The maximum atomic E-state index is 12.4. The third-order valence-corrected chi connectivity index (χ3v) is 5.00. The van der Waals surface area contributed by atoms with Crippen LogP contribution in [0.25, 0.3) is 10.9 Å². The first-order valence-corrected chi connectivity index (χ1v) is 8.32. The van der Waals surface area contributed by atoms with E-state index in [-0.39, 0.29) is 17.9 Å². The molecule has 1 fully saturated rings. The van der Waals surface area contributed by atoms with Crippen LogP contribution in [0.5, 0.6) is 0 Å². The largest absolute Gasteiger partial charge is 0.497 e. The van der Waals surface area contributed by atoms with E-state index in [0.717, 1.165) is 0 Å². The molecule has 1 aliphatic rings. The van der Waals surface area contributed by atoms with Gasteiger partial charge in [0.15, 0.2) is 0 Å². The van der Waals surface area contributed by atoms with Crippen LogP contribution in [0.3, 0.4) is 0 Å². The van der Waals surface area contributed by atoms with Crippen LogP contribution in [0.4, 0.5) is 0 Å². The van der Waals surface area contributed by atoms with Crippen LogP contribution in [-0.4, -0.2) is 40.4 Å². The number of fused-ring (bicyclic) bond motifs is 1. The summed E-state index contributed by atoms with van der Waals surface area (Å²) < 4.78 is 18.7. The molecule has 0 bridgehead atoms. The molecule has 1 aliphatic heterocycles. The van der Waals surface area contributed by atoms with Crippen molar-refractivity contribution in [3.8, 4) is 0 Å². The fraction of sp³-hybridized carbons (Fsp3) is 0.529. The summed E-state index contributed by atoms with van der Waals surface area (Å²) in [6.45, 7) is 9.85. The topological polar surface area (TPSA) is 82.6 Å². The molecule has 8 heteroatoms. The predicted molar refractivity (Wildman–Crippen MR) is 95.2 cm³/mol. The average molecular weight is 346 g/mol. The van der Waals surface area contributed by atoms with Crippen LogP contribution in [0.2, 0.25) is 0 Å². The number of nitrogens with one attached hydrogen (secondary N) is 1. The maximum Gasteiger partial charge on any atom is 0.497 e. The quantitative estimate of drug-likeness (QED) is 0.670. The second-order valence-electron chi connectivity index (χ2n) is 7.28. The van der Waals surface area contributed by atoms with Crippen molar-refractivity contribution in [1.29, 1.82) is 0 Å². The summed E-state index contributed by atoms with van der Waals surface area (Å²) in [6.07, 6.45) is 1.69. The zero-order valence-electron chi connectivity index (χ0n) is 15.4. The Morgan fingerprint density at radius 2 is 1.88 bits per heavy atom. The number of esters is 1. The number of aryl methyl sites for hydroxylation is 1. The molecule has 25 heavy (non-hydrogen) atoms. The van der Waals surface area contributed by atoms with Crippen LogP contribution in [-0.2, 0) is 21.1 Å². The molecule has 0 atom stereocenters. The summed E-state index contributed by atoms with van der Waals surface area (Å²) in [6, 6.07) is 1.62. The Hall–Kier alpha value is -2.06. The molecule has 134 valence electrons. The van der Waals surface area contributed by atoms with Gasteiger partial charge in [0.2, 0.25) is 0 Å². The highest BCUT2D eigenvalue weighted by molar-refractivity contribution is 6.65. The number of rotatable bonds is 3. The standard InChI is InChI=1S/C17H23BN2O5/c1-7-23-15(22)12-8-10-11(9-20(6)14(21)13(10)19-12)18-24-16(2,3)17(4,5)25-18/h8-9,19H,7H2,1-6H3. The van der Waals surface area contributed by atoms with Gasteiger partial charge in [-0.2, -0.15) is 0 Å². The fourth-order valence-corrected chi connectivity index (χ4v) is 2.84. The third kappa shape index (κ3) is 2.79. The number of hydrogen-bond acceptors (Lipinski definition) is 5. The first kappa shape index (κ1) is 17.8. The van der Waals surface area contributed by atoms with Gasteiger partial charge in [-0.05, 0) is 40.7 Å². The molecule has 7 nitrogen and oxygen atoms in total. The average Bonchev–Trinajstić information content (AvgIpc) is 3.03. The molecule has 0 unspecified atom stereocenters. The first-order valence-electron chi connectivity index (χ1n) is 8.32. The van der Waals surface area contributed by atoms with Crippen molar-refractivity contribution in [3.05, 3.63) is 28.3 Å². The second kappa shape index (κ2) is 5.74. The molecule has 0 spiro atoms. The van der Waals surface area contributed by atoms with Gasteiger partial charge in [0, 0.05) is 24.1 Å². The van der Waals surface area contributed by atoms with E-state index in [0.29, 0.717) is 16.4 Å². The Kier molecular flexibility index (Phi) is 4.08. The Balaban J connectivity index is 2.15. The Morgan fingerprint density at radius 1 is 1.28 bits per heavy atom. The van der Waals surface area contributed by atoms with E-state index in [9.17, 15) is 9.59 Å². The lowest BCUT2D eigenvalue weighted by atomic mass is 9.78. The highest BCUT2D eigenvalue weighted by Crippen LogP contribution is 2.36. The van der Waals surface area contributed by atoms with Crippen molar-refractivity contribution in [1.82, 2.24) is 9.55 Å². The maximum absolute atomic E-state index is 12.4. The molecule has 1 saturated heterocycles. The van der Waals surface area contributed by atoms with Gasteiger partial charge in [0.1, 0.15) is 11.2 Å². The van der Waals surface area contributed by atoms with E-state index in [2.05, 4.69) is 4.98 Å². The number of hydrogen-bond donors (Lipinski definition) is 1. The lowest BCUT2D eigenvalue weighted by Crippen LogP contribution is -2.41. The molecule has 3 rings (SSSR count). The smallest absolute Gasteiger partial charge is 0.461 e. The van der Waals surface area contributed by atoms with E-state index in [1.165, 1.54) is 4.57 Å². The van der Waals surface area contributed by atoms with E-state index in [1.54, 1.807) is 26.2 Å². The fourth-order valence-electron chi connectivity index (χ4n) is 2.84. The molecule has 0 aliphatic carbocycles. The molecule has 0 saturated carbocycles. The van der Waals surface area contributed by atoms with Crippen LogP contribution in [0.15, 0.2) is 17.1 Å². The van der Waals surface area contributed by atoms with Crippen molar-refractivity contribution in [2.24, 2.45) is 7.05 Å². The van der Waals surface area contributed by atoms with Crippen molar-refractivity contribution >= 4 is 29.5 Å². The van der Waals surface area contributed by atoms with Crippen LogP contribution in [0.1, 0.15) is 45.1 Å². The number of ether oxygens (including phenoxy) is 1. The SMILES string of the molecule is CCOC(=O)c1cc2c(B3OC(C)(C)C(C)(C)O3)cn(C)c(=O)c2[nH]1. The van der Waals surface area contributed by atoms with Gasteiger partial charge >= 0.3 is 13.1 Å². The molecular weight excluding hydrogens is 323 g/mol. The normalized spacial score (nSPS) is 18.7. The highest BCUT2D eigenvalue weighted by Gasteiger charge is 2.52. The summed E-state index contributed by atoms with van der Waals surface area (Å²) in [5.41, 5.74) is 0.0295. The highest BCUT2D eigenvalue weighted by atomic mass is 16.7. The third-order valence-electron chi connectivity index (χ3n) is 5.00. The van der Waals surface area contributed by atoms with Crippen LogP contribution < -0.4 is 11.0 Å². The van der Waals surface area contributed by atoms with Gasteiger partial charge < -0.3 is 23.6 Å². The monoisotopic (exact) mass is 346 g/mol. The molecule has 1 N–H and O–H groups in total. The summed E-state index contributed by atoms with van der Waals surface area (Å²) in [5.74, 6) is -0.499. The van der Waals surface area contributed by atoms with Crippen molar-refractivity contribution in [2.45, 2.75) is 45.8 Å². The lowest BCUT2D eigenvalue weighted by molar-refractivity contribution is 0.00578. The van der Waals surface area contributed by atoms with Gasteiger partial charge in [-0.3, -0.25) is 4.79 Å². The first-order chi connectivity index (χ1) is 11.6. The number of aromatic nitrogens is 2.